The number of likely N-dealkylation sites (tertiary alicyclic amines) is 1. The van der Waals surface area contributed by atoms with Gasteiger partial charge in [-0.25, -0.2) is 0 Å². The van der Waals surface area contributed by atoms with Crippen LogP contribution < -0.4 is 0 Å². The molecule has 24 heavy (non-hydrogen) atoms. The summed E-state index contributed by atoms with van der Waals surface area (Å²) in [6.07, 6.45) is 4.91. The summed E-state index contributed by atoms with van der Waals surface area (Å²) in [4.78, 5) is 19.9. The molecular weight excluding hydrogens is 298 g/mol. The fourth-order valence-corrected chi connectivity index (χ4v) is 4.77. The van der Waals surface area contributed by atoms with Gasteiger partial charge >= 0.3 is 0 Å². The first kappa shape index (κ1) is 16.1. The summed E-state index contributed by atoms with van der Waals surface area (Å²) in [5.41, 5.74) is 1.40. The standard InChI is InChI=1S/C20H29N3O/c1-16-20(24)23-12-6-10-19(23)15-22(16)14-18-9-5-11-21(18)13-17-7-3-2-4-8-17/h2-4,7-8,16,18-19H,5-6,9-15H2,1H3/t16-,18-,19+/m1/s1. The Morgan fingerprint density at radius 1 is 1.04 bits per heavy atom. The minimum absolute atomic E-state index is 0.0542. The fraction of sp³-hybridized carbons (Fsp3) is 0.650. The van der Waals surface area contributed by atoms with Crippen molar-refractivity contribution in [3.63, 3.8) is 0 Å². The molecule has 3 atom stereocenters. The summed E-state index contributed by atoms with van der Waals surface area (Å²) in [6.45, 7) is 7.42. The van der Waals surface area contributed by atoms with E-state index in [1.165, 1.54) is 37.8 Å². The molecule has 4 heteroatoms. The maximum absolute atomic E-state index is 12.6. The lowest BCUT2D eigenvalue weighted by Crippen LogP contribution is -2.60. The van der Waals surface area contributed by atoms with Crippen molar-refractivity contribution in [1.29, 1.82) is 0 Å². The Morgan fingerprint density at radius 2 is 1.83 bits per heavy atom. The zero-order chi connectivity index (χ0) is 16.5. The molecule has 0 N–H and O–H groups in total. The van der Waals surface area contributed by atoms with Crippen LogP contribution in [-0.4, -0.2) is 64.9 Å². The topological polar surface area (TPSA) is 26.8 Å². The van der Waals surface area contributed by atoms with Gasteiger partial charge in [0.25, 0.3) is 0 Å². The Morgan fingerprint density at radius 3 is 2.67 bits per heavy atom. The molecule has 1 aromatic carbocycles. The Hall–Kier alpha value is -1.39. The van der Waals surface area contributed by atoms with E-state index in [0.717, 1.165) is 26.2 Å². The largest absolute Gasteiger partial charge is 0.337 e. The summed E-state index contributed by atoms with van der Waals surface area (Å²) in [7, 11) is 0. The minimum atomic E-state index is 0.0542. The maximum Gasteiger partial charge on any atom is 0.239 e. The third-order valence-electron chi connectivity index (χ3n) is 6.18. The van der Waals surface area contributed by atoms with Crippen LogP contribution in [0.5, 0.6) is 0 Å². The Kier molecular flexibility index (Phi) is 4.59. The number of piperazine rings is 1. The molecule has 4 rings (SSSR count). The van der Waals surface area contributed by atoms with Crippen LogP contribution in [0, 0.1) is 0 Å². The number of nitrogens with zero attached hydrogens (tertiary/aromatic N) is 3. The van der Waals surface area contributed by atoms with E-state index in [9.17, 15) is 4.79 Å². The third kappa shape index (κ3) is 3.09. The summed E-state index contributed by atoms with van der Waals surface area (Å²) in [6, 6.07) is 11.9. The molecule has 1 amide bonds. The van der Waals surface area contributed by atoms with Crippen molar-refractivity contribution in [2.24, 2.45) is 0 Å². The van der Waals surface area contributed by atoms with Gasteiger partial charge in [0.15, 0.2) is 0 Å². The van der Waals surface area contributed by atoms with Crippen LogP contribution >= 0.6 is 0 Å². The molecule has 3 aliphatic rings. The zero-order valence-electron chi connectivity index (χ0n) is 14.7. The summed E-state index contributed by atoms with van der Waals surface area (Å²) in [5.74, 6) is 0.358. The van der Waals surface area contributed by atoms with Gasteiger partial charge in [-0.05, 0) is 44.7 Å². The van der Waals surface area contributed by atoms with Crippen molar-refractivity contribution in [1.82, 2.24) is 14.7 Å². The van der Waals surface area contributed by atoms with Crippen LogP contribution in [0.1, 0.15) is 38.2 Å². The van der Waals surface area contributed by atoms with Crippen molar-refractivity contribution in [2.75, 3.05) is 26.2 Å². The first-order valence-corrected chi connectivity index (χ1v) is 9.55. The third-order valence-corrected chi connectivity index (χ3v) is 6.18. The number of fused-ring (bicyclic) bond motifs is 1. The summed E-state index contributed by atoms with van der Waals surface area (Å²) >= 11 is 0. The fourth-order valence-electron chi connectivity index (χ4n) is 4.77. The molecule has 0 aliphatic carbocycles. The molecular formula is C20H29N3O. The number of hydrogen-bond acceptors (Lipinski definition) is 3. The van der Waals surface area contributed by atoms with E-state index in [1.54, 1.807) is 0 Å². The number of rotatable bonds is 4. The normalized spacial score (nSPS) is 31.6. The molecule has 3 saturated heterocycles. The molecule has 0 bridgehead atoms. The zero-order valence-corrected chi connectivity index (χ0v) is 14.7. The van der Waals surface area contributed by atoms with Crippen LogP contribution in [0.15, 0.2) is 30.3 Å². The molecule has 0 unspecified atom stereocenters. The summed E-state index contributed by atoms with van der Waals surface area (Å²) < 4.78 is 0. The first-order chi connectivity index (χ1) is 11.7. The quantitative estimate of drug-likeness (QED) is 0.849. The number of amides is 1. The van der Waals surface area contributed by atoms with Gasteiger partial charge in [0.05, 0.1) is 6.04 Å². The van der Waals surface area contributed by atoms with Crippen molar-refractivity contribution >= 4 is 5.91 Å². The van der Waals surface area contributed by atoms with E-state index in [2.05, 4.69) is 52.0 Å². The van der Waals surface area contributed by atoms with Gasteiger partial charge in [-0.3, -0.25) is 14.6 Å². The number of carbonyl (C=O) groups excluding carboxylic acids is 1. The monoisotopic (exact) mass is 327 g/mol. The van der Waals surface area contributed by atoms with Gasteiger partial charge in [0, 0.05) is 38.3 Å². The van der Waals surface area contributed by atoms with E-state index >= 15 is 0 Å². The van der Waals surface area contributed by atoms with Crippen molar-refractivity contribution in [3.8, 4) is 0 Å². The van der Waals surface area contributed by atoms with Crippen LogP contribution in [-0.2, 0) is 11.3 Å². The van der Waals surface area contributed by atoms with Crippen LogP contribution in [0.2, 0.25) is 0 Å². The van der Waals surface area contributed by atoms with Crippen LogP contribution in [0.3, 0.4) is 0 Å². The second-order valence-corrected chi connectivity index (χ2v) is 7.71. The molecule has 0 spiro atoms. The highest BCUT2D eigenvalue weighted by Crippen LogP contribution is 2.28. The molecule has 1 aromatic rings. The van der Waals surface area contributed by atoms with Gasteiger partial charge in [-0.2, -0.15) is 0 Å². The molecule has 0 aromatic heterocycles. The smallest absolute Gasteiger partial charge is 0.239 e. The second-order valence-electron chi connectivity index (χ2n) is 7.71. The van der Waals surface area contributed by atoms with E-state index in [4.69, 9.17) is 0 Å². The highest BCUT2D eigenvalue weighted by molar-refractivity contribution is 5.83. The molecule has 3 aliphatic heterocycles. The van der Waals surface area contributed by atoms with Crippen LogP contribution in [0.4, 0.5) is 0 Å². The maximum atomic E-state index is 12.6. The predicted molar refractivity (Wildman–Crippen MR) is 95.6 cm³/mol. The second kappa shape index (κ2) is 6.85. The van der Waals surface area contributed by atoms with Gasteiger partial charge in [-0.1, -0.05) is 30.3 Å². The number of carbonyl (C=O) groups is 1. The highest BCUT2D eigenvalue weighted by Gasteiger charge is 2.41. The van der Waals surface area contributed by atoms with Gasteiger partial charge in [0.1, 0.15) is 0 Å². The van der Waals surface area contributed by atoms with Crippen molar-refractivity contribution in [3.05, 3.63) is 35.9 Å². The minimum Gasteiger partial charge on any atom is -0.337 e. The molecule has 0 saturated carbocycles. The van der Waals surface area contributed by atoms with Gasteiger partial charge in [0.2, 0.25) is 5.91 Å². The lowest BCUT2D eigenvalue weighted by Gasteiger charge is -2.43. The van der Waals surface area contributed by atoms with Crippen LogP contribution in [0.25, 0.3) is 0 Å². The Bertz CT molecular complexity index is 576. The molecule has 3 heterocycles. The number of benzene rings is 1. The predicted octanol–water partition coefficient (Wildman–Crippen LogP) is 2.35. The van der Waals surface area contributed by atoms with Gasteiger partial charge < -0.3 is 4.90 Å². The Balaban J connectivity index is 1.41. The lowest BCUT2D eigenvalue weighted by molar-refractivity contribution is -0.143. The van der Waals surface area contributed by atoms with Gasteiger partial charge in [-0.15, -0.1) is 0 Å². The SMILES string of the molecule is C[C@@H]1C(=O)N2CCC[C@H]2CN1C[C@H]1CCCN1Cc1ccccc1. The van der Waals surface area contributed by atoms with Crippen molar-refractivity contribution < 1.29 is 4.79 Å². The lowest BCUT2D eigenvalue weighted by atomic mass is 10.1. The van der Waals surface area contributed by atoms with E-state index in [0.29, 0.717) is 18.0 Å². The molecule has 4 nitrogen and oxygen atoms in total. The van der Waals surface area contributed by atoms with E-state index in [-0.39, 0.29) is 6.04 Å². The summed E-state index contributed by atoms with van der Waals surface area (Å²) in [5, 5.41) is 0. The molecule has 130 valence electrons. The highest BCUT2D eigenvalue weighted by atomic mass is 16.2. The Labute approximate surface area is 145 Å². The first-order valence-electron chi connectivity index (χ1n) is 9.55. The van der Waals surface area contributed by atoms with Crippen molar-refractivity contribution in [2.45, 2.75) is 57.3 Å². The number of hydrogen-bond donors (Lipinski definition) is 0. The molecule has 3 fully saturated rings. The average molecular weight is 327 g/mol. The molecule has 0 radical (unpaired) electrons. The average Bonchev–Trinajstić information content (AvgIpc) is 3.23. The van der Waals surface area contributed by atoms with E-state index in [1.807, 2.05) is 0 Å². The van der Waals surface area contributed by atoms with E-state index < -0.39 is 0 Å².